The van der Waals surface area contributed by atoms with Gasteiger partial charge in [0, 0.05) is 12.3 Å². The van der Waals surface area contributed by atoms with Gasteiger partial charge in [0.15, 0.2) is 9.84 Å². The van der Waals surface area contributed by atoms with Crippen LogP contribution in [0.25, 0.3) is 0 Å². The molecule has 0 saturated carbocycles. The van der Waals surface area contributed by atoms with Crippen molar-refractivity contribution in [3.8, 4) is 0 Å². The standard InChI is InChI=1S/C9H11N3O5S2/c1-19(16,17)6-2-3-8(7(4-6)12(14)15)18-5-9(13)11-10/h2-4H,5,10H2,1H3,(H,11,13). The van der Waals surface area contributed by atoms with Crippen molar-refractivity contribution in [2.45, 2.75) is 9.79 Å². The zero-order valence-corrected chi connectivity index (χ0v) is 11.5. The number of rotatable bonds is 5. The summed E-state index contributed by atoms with van der Waals surface area (Å²) in [6.45, 7) is 0. The van der Waals surface area contributed by atoms with Crippen LogP contribution >= 0.6 is 11.8 Å². The highest BCUT2D eigenvalue weighted by molar-refractivity contribution is 8.00. The fraction of sp³-hybridized carbons (Fsp3) is 0.222. The number of hydrogen-bond acceptors (Lipinski definition) is 7. The van der Waals surface area contributed by atoms with E-state index in [1.54, 1.807) is 0 Å². The number of hydrazine groups is 1. The van der Waals surface area contributed by atoms with Crippen LogP contribution in [0.15, 0.2) is 28.0 Å². The minimum Gasteiger partial charge on any atom is -0.294 e. The first-order valence-corrected chi connectivity index (χ1v) is 7.74. The molecule has 0 bridgehead atoms. The maximum absolute atomic E-state index is 11.3. The molecule has 0 heterocycles. The van der Waals surface area contributed by atoms with Crippen molar-refractivity contribution in [2.75, 3.05) is 12.0 Å². The third kappa shape index (κ3) is 4.19. The van der Waals surface area contributed by atoms with Crippen molar-refractivity contribution >= 4 is 33.2 Å². The van der Waals surface area contributed by atoms with E-state index in [2.05, 4.69) is 0 Å². The molecule has 0 radical (unpaired) electrons. The number of nitro benzene ring substituents is 1. The van der Waals surface area contributed by atoms with Crippen molar-refractivity contribution in [3.63, 3.8) is 0 Å². The number of nitrogens with one attached hydrogen (secondary N) is 1. The molecule has 10 heteroatoms. The number of nitrogens with two attached hydrogens (primary N) is 1. The average Bonchev–Trinajstić information content (AvgIpc) is 2.34. The molecular weight excluding hydrogens is 294 g/mol. The monoisotopic (exact) mass is 305 g/mol. The van der Waals surface area contributed by atoms with Gasteiger partial charge in [0.2, 0.25) is 5.91 Å². The second-order valence-corrected chi connectivity index (χ2v) is 6.55. The number of nitro groups is 1. The lowest BCUT2D eigenvalue weighted by atomic mass is 10.3. The fourth-order valence-corrected chi connectivity index (χ4v) is 2.63. The molecule has 1 aromatic carbocycles. The van der Waals surface area contributed by atoms with Gasteiger partial charge in [-0.25, -0.2) is 14.3 Å². The first kappa shape index (κ1) is 15.4. The molecule has 0 aliphatic rings. The van der Waals surface area contributed by atoms with Gasteiger partial charge >= 0.3 is 0 Å². The van der Waals surface area contributed by atoms with Gasteiger partial charge in [-0.2, -0.15) is 0 Å². The van der Waals surface area contributed by atoms with E-state index in [0.29, 0.717) is 0 Å². The van der Waals surface area contributed by atoms with Crippen molar-refractivity contribution in [2.24, 2.45) is 5.84 Å². The van der Waals surface area contributed by atoms with E-state index in [-0.39, 0.29) is 21.2 Å². The van der Waals surface area contributed by atoms with Crippen LogP contribution in [0.2, 0.25) is 0 Å². The van der Waals surface area contributed by atoms with E-state index in [9.17, 15) is 23.3 Å². The van der Waals surface area contributed by atoms with Crippen LogP contribution in [0.3, 0.4) is 0 Å². The maximum atomic E-state index is 11.3. The zero-order chi connectivity index (χ0) is 14.6. The van der Waals surface area contributed by atoms with Crippen molar-refractivity contribution < 1.29 is 18.1 Å². The number of benzene rings is 1. The topological polar surface area (TPSA) is 132 Å². The van der Waals surface area contributed by atoms with Gasteiger partial charge in [-0.3, -0.25) is 20.3 Å². The van der Waals surface area contributed by atoms with Crippen molar-refractivity contribution in [1.29, 1.82) is 0 Å². The molecule has 0 aliphatic heterocycles. The van der Waals surface area contributed by atoms with Crippen LogP contribution in [0.4, 0.5) is 5.69 Å². The van der Waals surface area contributed by atoms with Gasteiger partial charge < -0.3 is 0 Å². The smallest absolute Gasteiger partial charge is 0.284 e. The average molecular weight is 305 g/mol. The van der Waals surface area contributed by atoms with Crippen LogP contribution in [0.1, 0.15) is 0 Å². The predicted molar refractivity (Wildman–Crippen MR) is 69.3 cm³/mol. The summed E-state index contributed by atoms with van der Waals surface area (Å²) in [6, 6.07) is 3.52. The highest BCUT2D eigenvalue weighted by atomic mass is 32.2. The van der Waals surface area contributed by atoms with Gasteiger partial charge in [0.05, 0.1) is 20.5 Å². The molecule has 1 amide bonds. The first-order chi connectivity index (χ1) is 8.75. The minimum absolute atomic E-state index is 0.102. The van der Waals surface area contributed by atoms with Gasteiger partial charge in [0.25, 0.3) is 5.69 Å². The van der Waals surface area contributed by atoms with Gasteiger partial charge in [0.1, 0.15) is 0 Å². The molecule has 19 heavy (non-hydrogen) atoms. The summed E-state index contributed by atoms with van der Waals surface area (Å²) in [7, 11) is -3.52. The van der Waals surface area contributed by atoms with Crippen molar-refractivity contribution in [1.82, 2.24) is 5.43 Å². The lowest BCUT2D eigenvalue weighted by Gasteiger charge is -2.04. The molecule has 1 aromatic rings. The Bertz CT molecular complexity index is 614. The van der Waals surface area contributed by atoms with E-state index >= 15 is 0 Å². The Morgan fingerprint density at radius 3 is 2.63 bits per heavy atom. The Hall–Kier alpha value is -1.65. The molecule has 1 rings (SSSR count). The van der Waals surface area contributed by atoms with Crippen molar-refractivity contribution in [3.05, 3.63) is 28.3 Å². The molecule has 0 aliphatic carbocycles. The number of carbonyl (C=O) groups excluding carboxylic acids is 1. The SMILES string of the molecule is CS(=O)(=O)c1ccc(SCC(=O)NN)c([N+](=O)[O-])c1. The Kier molecular flexibility index (Phi) is 4.86. The van der Waals surface area contributed by atoms with Gasteiger partial charge in [-0.1, -0.05) is 0 Å². The molecule has 0 unspecified atom stereocenters. The lowest BCUT2D eigenvalue weighted by Crippen LogP contribution is -2.31. The summed E-state index contributed by atoms with van der Waals surface area (Å²) in [5.41, 5.74) is 1.53. The van der Waals surface area contributed by atoms with E-state index in [0.717, 1.165) is 24.1 Å². The highest BCUT2D eigenvalue weighted by Gasteiger charge is 2.19. The Morgan fingerprint density at radius 1 is 1.53 bits per heavy atom. The predicted octanol–water partition coefficient (Wildman–Crippen LogP) is 0.0803. The van der Waals surface area contributed by atoms with Crippen LogP contribution in [-0.2, 0) is 14.6 Å². The van der Waals surface area contributed by atoms with E-state index in [1.165, 1.54) is 12.1 Å². The maximum Gasteiger partial charge on any atom is 0.284 e. The Balaban J connectivity index is 3.12. The second kappa shape index (κ2) is 5.99. The Labute approximate surface area is 113 Å². The molecule has 0 saturated heterocycles. The normalized spacial score (nSPS) is 11.1. The third-order valence-corrected chi connectivity index (χ3v) is 4.25. The van der Waals surface area contributed by atoms with E-state index in [1.807, 2.05) is 5.43 Å². The second-order valence-electron chi connectivity index (χ2n) is 3.51. The fourth-order valence-electron chi connectivity index (χ4n) is 1.18. The summed E-state index contributed by atoms with van der Waals surface area (Å²) in [4.78, 5) is 21.2. The molecule has 0 aromatic heterocycles. The quantitative estimate of drug-likeness (QED) is 0.259. The minimum atomic E-state index is -3.52. The van der Waals surface area contributed by atoms with E-state index < -0.39 is 20.7 Å². The third-order valence-electron chi connectivity index (χ3n) is 2.08. The molecule has 0 atom stereocenters. The number of hydrogen-bond donors (Lipinski definition) is 2. The molecule has 3 N–H and O–H groups in total. The summed E-state index contributed by atoms with van der Waals surface area (Å²) < 4.78 is 22.6. The lowest BCUT2D eigenvalue weighted by molar-refractivity contribution is -0.388. The summed E-state index contributed by atoms with van der Waals surface area (Å²) in [6.07, 6.45) is 0.959. The van der Waals surface area contributed by atoms with Gasteiger partial charge in [-0.15, -0.1) is 11.8 Å². The molecule has 8 nitrogen and oxygen atoms in total. The van der Waals surface area contributed by atoms with Crippen LogP contribution in [0.5, 0.6) is 0 Å². The summed E-state index contributed by atoms with van der Waals surface area (Å²) in [5, 5.41) is 10.9. The molecule has 0 spiro atoms. The number of nitrogens with zero attached hydrogens (tertiary/aromatic N) is 1. The molecule has 0 fully saturated rings. The summed E-state index contributed by atoms with van der Waals surface area (Å²) in [5.74, 6) is 4.29. The van der Waals surface area contributed by atoms with Gasteiger partial charge in [-0.05, 0) is 12.1 Å². The number of carbonyl (C=O) groups is 1. The zero-order valence-electron chi connectivity index (χ0n) is 9.82. The van der Waals surface area contributed by atoms with Crippen LogP contribution in [0, 0.1) is 10.1 Å². The number of sulfone groups is 1. The molecular formula is C9H11N3O5S2. The Morgan fingerprint density at radius 2 is 2.16 bits per heavy atom. The summed E-state index contributed by atoms with van der Waals surface area (Å²) >= 11 is 0.899. The molecule has 104 valence electrons. The number of amides is 1. The largest absolute Gasteiger partial charge is 0.294 e. The van der Waals surface area contributed by atoms with Crippen LogP contribution in [-0.4, -0.2) is 31.3 Å². The van der Waals surface area contributed by atoms with Crippen LogP contribution < -0.4 is 11.3 Å². The number of thioether (sulfide) groups is 1. The van der Waals surface area contributed by atoms with E-state index in [4.69, 9.17) is 5.84 Å². The highest BCUT2D eigenvalue weighted by Crippen LogP contribution is 2.31. The first-order valence-electron chi connectivity index (χ1n) is 4.86.